The first kappa shape index (κ1) is 46.5. The summed E-state index contributed by atoms with van der Waals surface area (Å²) >= 11 is 0. The van der Waals surface area contributed by atoms with Crippen LogP contribution in [0.15, 0.2) is 130 Å². The van der Waals surface area contributed by atoms with Gasteiger partial charge in [-0.15, -0.1) is 107 Å². The van der Waals surface area contributed by atoms with E-state index >= 15 is 0 Å². The molecule has 0 radical (unpaired) electrons. The van der Waals surface area contributed by atoms with Crippen LogP contribution in [-0.4, -0.2) is 29.9 Å². The summed E-state index contributed by atoms with van der Waals surface area (Å²) in [6.45, 7) is 14.6. The zero-order valence-electron chi connectivity index (χ0n) is 55.2. The van der Waals surface area contributed by atoms with Crippen molar-refractivity contribution in [3.8, 4) is 45.0 Å². The van der Waals surface area contributed by atoms with Gasteiger partial charge in [-0.05, 0) is 153 Å². The van der Waals surface area contributed by atoms with Gasteiger partial charge in [-0.3, -0.25) is 0 Å². The van der Waals surface area contributed by atoms with Crippen LogP contribution in [-0.2, 0) is 53.0 Å². The standard InChI is InChI=1S/2C35H31N3O.2Pt/c1-20-13-26(33-27(14-20)32-23(4)19-24(5)36-34(32)39-33)29-16-22(3)18-31(38-29)35(6,7)30-17-21(2)15-28(37-30)25-11-9-8-10-12-25;1-20-15-28(25-11-9-8-10-12-25)37-30(17-20)35(6,7)31-18-21(2)16-29(38-31)26-14-13-22(3)32-27-19-23(4)24(5)36-34(27)39-33(26)32;;/h8-11,14-19H,1-7H3;8-11,13,15-19H,1-7H3;;/q2*-2;2*+2/i1D3,4D3;3D3;;. The first-order chi connectivity index (χ1) is 40.8. The van der Waals surface area contributed by atoms with Crippen molar-refractivity contribution < 1.29 is 63.3 Å². The second-order valence-corrected chi connectivity index (χ2v) is 21.5. The van der Waals surface area contributed by atoms with Crippen LogP contribution < -0.4 is 0 Å². The van der Waals surface area contributed by atoms with E-state index in [1.54, 1.807) is 13.0 Å². The van der Waals surface area contributed by atoms with Crippen LogP contribution in [0.2, 0.25) is 0 Å². The molecule has 0 unspecified atom stereocenters. The van der Waals surface area contributed by atoms with Crippen molar-refractivity contribution in [3.63, 3.8) is 0 Å². The Kier molecular flexibility index (Phi) is 13.0. The first-order valence-corrected chi connectivity index (χ1v) is 25.8. The minimum absolute atomic E-state index is 0. The molecule has 0 atom stereocenters. The average Bonchev–Trinajstić information content (AvgIpc) is 1.65. The summed E-state index contributed by atoms with van der Waals surface area (Å²) in [6.07, 6.45) is 0. The largest absolute Gasteiger partial charge is 2.00 e. The maximum Gasteiger partial charge on any atom is 2.00 e. The number of hydrogen-bond donors (Lipinski definition) is 0. The number of aromatic nitrogens is 6. The molecule has 0 aliphatic carbocycles. The molecule has 4 aromatic carbocycles. The Morgan fingerprint density at radius 3 is 1.48 bits per heavy atom. The van der Waals surface area contributed by atoms with Gasteiger partial charge in [0.15, 0.2) is 0 Å². The van der Waals surface area contributed by atoms with E-state index in [1.807, 2.05) is 133 Å². The van der Waals surface area contributed by atoms with Crippen LogP contribution >= 0.6 is 0 Å². The molecule has 0 spiro atoms. The van der Waals surface area contributed by atoms with Crippen LogP contribution in [0.3, 0.4) is 0 Å². The van der Waals surface area contributed by atoms with Gasteiger partial charge >= 0.3 is 42.1 Å². The fraction of sp³-hybridized carbons (Fsp3) is 0.229. The van der Waals surface area contributed by atoms with Crippen LogP contribution in [0.1, 0.15) is 119 Å². The van der Waals surface area contributed by atoms with Gasteiger partial charge in [0.2, 0.25) is 11.4 Å². The topological polar surface area (TPSA) is 104 Å². The number of pyridine rings is 6. The van der Waals surface area contributed by atoms with Gasteiger partial charge in [-0.25, -0.2) is 9.97 Å². The Bertz CT molecular complexity index is 4690. The maximum atomic E-state index is 8.21. The summed E-state index contributed by atoms with van der Waals surface area (Å²) in [7, 11) is 0. The maximum absolute atomic E-state index is 8.21. The van der Waals surface area contributed by atoms with Crippen molar-refractivity contribution in [3.05, 3.63) is 224 Å². The van der Waals surface area contributed by atoms with Crippen molar-refractivity contribution in [2.24, 2.45) is 0 Å². The second-order valence-electron chi connectivity index (χ2n) is 21.5. The molecule has 0 aliphatic heterocycles. The molecule has 0 fully saturated rings. The SMILES string of the molecule is [2H]C([2H])([2H])c1[c-]c(-c2cc(C)cc(C(C)(C)c3cc(C)cc(-c4[c-]cccc4)n3)n2)c2oc3nc(C)cc(C([2H])([2H])[2H])c3c2c1.[2H]C([2H])([2H])c1c[c-]c(-c2cc(C)cc(C(C)(C)c3cc(C)cc(-c4[c-]cccc4)n3)n2)c2oc3nc(C)c(C)cc3c12.[Pt+2].[Pt+2]. The van der Waals surface area contributed by atoms with Crippen LogP contribution in [0.25, 0.3) is 89.2 Å². The third-order valence-electron chi connectivity index (χ3n) is 14.5. The Hall–Kier alpha value is -7.24. The summed E-state index contributed by atoms with van der Waals surface area (Å²) < 4.78 is 86.3. The number of aryl methyl sites for hydroxylation is 10. The molecule has 12 rings (SSSR count). The molecule has 0 N–H and O–H groups in total. The summed E-state index contributed by atoms with van der Waals surface area (Å²) in [6, 6.07) is 50.9. The molecule has 0 amide bonds. The predicted molar refractivity (Wildman–Crippen MR) is 316 cm³/mol. The first-order valence-electron chi connectivity index (χ1n) is 30.3. The summed E-state index contributed by atoms with van der Waals surface area (Å²) in [4.78, 5) is 29.4. The van der Waals surface area contributed by atoms with Crippen molar-refractivity contribution >= 4 is 44.1 Å². The third kappa shape index (κ3) is 10.9. The molecule has 0 saturated heterocycles. The zero-order chi connectivity index (χ0) is 62.4. The van der Waals surface area contributed by atoms with E-state index < -0.39 is 31.4 Å². The fourth-order valence-electron chi connectivity index (χ4n) is 10.1. The number of fused-ring (bicyclic) bond motifs is 6. The van der Waals surface area contributed by atoms with Crippen molar-refractivity contribution in [1.82, 2.24) is 29.9 Å². The van der Waals surface area contributed by atoms with E-state index in [0.717, 1.165) is 73.1 Å². The van der Waals surface area contributed by atoms with E-state index in [1.165, 1.54) is 12.1 Å². The van der Waals surface area contributed by atoms with E-state index in [-0.39, 0.29) is 75.5 Å². The van der Waals surface area contributed by atoms with Gasteiger partial charge in [-0.1, -0.05) is 82.1 Å². The molecule has 0 bridgehead atoms. The number of benzene rings is 4. The monoisotopic (exact) mass is 1420 g/mol. The quantitative estimate of drug-likeness (QED) is 0.139. The summed E-state index contributed by atoms with van der Waals surface area (Å²) in [5.41, 5.74) is 15.3. The zero-order valence-corrected chi connectivity index (χ0v) is 50.7. The van der Waals surface area contributed by atoms with Crippen molar-refractivity contribution in [2.75, 3.05) is 0 Å². The minimum Gasteiger partial charge on any atom is -0.486 e. The molecular weight excluding hydrogens is 1350 g/mol. The Balaban J connectivity index is 0.000000207. The normalized spacial score (nSPS) is 13.8. The second kappa shape index (κ2) is 22.4. The molecule has 8 heterocycles. The Morgan fingerprint density at radius 2 is 0.963 bits per heavy atom. The molecule has 8 aromatic heterocycles. The van der Waals surface area contributed by atoms with Gasteiger partial charge in [0.1, 0.15) is 0 Å². The molecule has 10 heteroatoms. The molecule has 12 aromatic rings. The van der Waals surface area contributed by atoms with E-state index in [2.05, 4.69) is 73.2 Å². The fourth-order valence-corrected chi connectivity index (χ4v) is 10.1. The van der Waals surface area contributed by atoms with E-state index in [0.29, 0.717) is 61.4 Å². The van der Waals surface area contributed by atoms with Gasteiger partial charge in [0.05, 0.1) is 11.2 Å². The average molecular weight is 1420 g/mol. The Morgan fingerprint density at radius 1 is 0.450 bits per heavy atom. The van der Waals surface area contributed by atoms with E-state index in [9.17, 15) is 0 Å². The summed E-state index contributed by atoms with van der Waals surface area (Å²) in [5.74, 6) is 0. The third-order valence-corrected chi connectivity index (χ3v) is 14.5. The summed E-state index contributed by atoms with van der Waals surface area (Å²) in [5, 5.41) is 1.81. The molecule has 0 saturated carbocycles. The van der Waals surface area contributed by atoms with Crippen molar-refractivity contribution in [2.45, 2.75) is 108 Å². The Labute approximate surface area is 511 Å². The predicted octanol–water partition coefficient (Wildman–Crippen LogP) is 17.1. The minimum atomic E-state index is -2.52. The van der Waals surface area contributed by atoms with E-state index in [4.69, 9.17) is 41.1 Å². The molecule has 80 heavy (non-hydrogen) atoms. The van der Waals surface area contributed by atoms with Gasteiger partial charge in [0.25, 0.3) is 0 Å². The number of furan rings is 2. The number of hydrogen-bond acceptors (Lipinski definition) is 8. The number of rotatable bonds is 8. The van der Waals surface area contributed by atoms with Gasteiger partial charge in [-0.2, -0.15) is 0 Å². The molecule has 404 valence electrons. The molecule has 0 aliphatic rings. The van der Waals surface area contributed by atoms with Crippen LogP contribution in [0.4, 0.5) is 0 Å². The van der Waals surface area contributed by atoms with Gasteiger partial charge in [0, 0.05) is 68.1 Å². The number of nitrogens with zero attached hydrogens (tertiary/aromatic N) is 6. The van der Waals surface area contributed by atoms with Crippen molar-refractivity contribution in [1.29, 1.82) is 0 Å². The van der Waals surface area contributed by atoms with Crippen LogP contribution in [0.5, 0.6) is 0 Å². The molecule has 8 nitrogen and oxygen atoms in total. The smallest absolute Gasteiger partial charge is 0.486 e. The van der Waals surface area contributed by atoms with Gasteiger partial charge < -0.3 is 28.8 Å². The van der Waals surface area contributed by atoms with Crippen LogP contribution in [0, 0.1) is 93.3 Å². The molecular formula is C70H62N6O2Pt2.